The number of carbonyl (C=O) groups is 2. The molecular weight excluding hydrogens is 392 g/mol. The van der Waals surface area contributed by atoms with Gasteiger partial charge in [-0.3, -0.25) is 9.59 Å². The lowest BCUT2D eigenvalue weighted by Crippen LogP contribution is -2.34. The Balaban J connectivity index is 1.62. The third-order valence-corrected chi connectivity index (χ3v) is 6.28. The molecule has 1 aliphatic rings. The van der Waals surface area contributed by atoms with E-state index in [1.54, 1.807) is 25.1 Å². The van der Waals surface area contributed by atoms with Gasteiger partial charge >= 0.3 is 5.97 Å². The summed E-state index contributed by atoms with van der Waals surface area (Å²) < 4.78 is 5.82. The normalized spacial score (nSPS) is 14.3. The molecule has 0 radical (unpaired) electrons. The molecule has 0 fully saturated rings. The number of nitrogens with one attached hydrogen (secondary N) is 1. The van der Waals surface area contributed by atoms with E-state index >= 15 is 0 Å². The van der Waals surface area contributed by atoms with Crippen molar-refractivity contribution in [2.75, 3.05) is 12.4 Å². The maximum Gasteiger partial charge on any atom is 0.337 e. The first kappa shape index (κ1) is 19.3. The van der Waals surface area contributed by atoms with E-state index in [9.17, 15) is 14.4 Å². The predicted molar refractivity (Wildman–Crippen MR) is 109 cm³/mol. The quantitative estimate of drug-likeness (QED) is 0.661. The number of hydrogen-bond donors (Lipinski definition) is 1. The van der Waals surface area contributed by atoms with Crippen molar-refractivity contribution in [3.8, 4) is 0 Å². The summed E-state index contributed by atoms with van der Waals surface area (Å²) in [4.78, 5) is 39.3. The Morgan fingerprint density at radius 1 is 1.28 bits per heavy atom. The van der Waals surface area contributed by atoms with Crippen molar-refractivity contribution in [3.63, 3.8) is 0 Å². The summed E-state index contributed by atoms with van der Waals surface area (Å²) >= 11 is 1.52. The number of nitrogens with zero attached hydrogens (tertiary/aromatic N) is 3. The van der Waals surface area contributed by atoms with Gasteiger partial charge in [-0.15, -0.1) is 16.4 Å². The van der Waals surface area contributed by atoms with Crippen molar-refractivity contribution in [2.24, 2.45) is 0 Å². The minimum atomic E-state index is -0.861. The number of rotatable bonds is 4. The Hall–Kier alpha value is -3.07. The van der Waals surface area contributed by atoms with Crippen LogP contribution in [0.1, 0.15) is 46.6 Å². The number of hydrogen-bond acceptors (Lipinski definition) is 7. The van der Waals surface area contributed by atoms with E-state index in [4.69, 9.17) is 4.74 Å². The van der Waals surface area contributed by atoms with Crippen molar-refractivity contribution in [2.45, 2.75) is 38.6 Å². The van der Waals surface area contributed by atoms with Gasteiger partial charge in [-0.1, -0.05) is 11.3 Å². The van der Waals surface area contributed by atoms with E-state index < -0.39 is 17.9 Å². The molecule has 150 valence electrons. The molecule has 4 rings (SSSR count). The second-order valence-electron chi connectivity index (χ2n) is 6.97. The van der Waals surface area contributed by atoms with Crippen LogP contribution in [0.5, 0.6) is 0 Å². The summed E-state index contributed by atoms with van der Waals surface area (Å²) in [6, 6.07) is 5.55. The zero-order valence-electron chi connectivity index (χ0n) is 16.1. The minimum absolute atomic E-state index is 0.291. The number of amides is 1. The minimum Gasteiger partial charge on any atom is -0.465 e. The van der Waals surface area contributed by atoms with Crippen LogP contribution < -0.4 is 10.9 Å². The van der Waals surface area contributed by atoms with E-state index in [2.05, 4.69) is 15.6 Å². The molecule has 0 bridgehead atoms. The highest BCUT2D eigenvalue weighted by molar-refractivity contribution is 7.18. The Morgan fingerprint density at radius 3 is 2.86 bits per heavy atom. The van der Waals surface area contributed by atoms with E-state index in [0.29, 0.717) is 21.5 Å². The first-order valence-corrected chi connectivity index (χ1v) is 10.2. The fourth-order valence-corrected chi connectivity index (χ4v) is 4.74. The Bertz CT molecular complexity index is 1170. The molecule has 1 N–H and O–H groups in total. The zero-order valence-corrected chi connectivity index (χ0v) is 16.9. The van der Waals surface area contributed by atoms with Gasteiger partial charge in [0.15, 0.2) is 4.83 Å². The standard InChI is InChI=1S/C20H20N4O4S/c1-11(17(25)21-13-7-5-6-12(10-13)20(27)28-2)24-19(26)16-14-8-3-4-9-15(14)29-18(16)22-23-24/h5-7,10-11H,3-4,8-9H2,1-2H3,(H,21,25). The molecule has 2 aromatic heterocycles. The van der Waals surface area contributed by atoms with Crippen LogP contribution in [-0.2, 0) is 22.4 Å². The van der Waals surface area contributed by atoms with Gasteiger partial charge in [-0.25, -0.2) is 4.79 Å². The second kappa shape index (κ2) is 7.75. The lowest BCUT2D eigenvalue weighted by Gasteiger charge is -2.14. The summed E-state index contributed by atoms with van der Waals surface area (Å²) in [7, 11) is 1.29. The van der Waals surface area contributed by atoms with Crippen LogP contribution in [0.2, 0.25) is 0 Å². The number of benzene rings is 1. The van der Waals surface area contributed by atoms with Crippen molar-refractivity contribution >= 4 is 39.1 Å². The van der Waals surface area contributed by atoms with Crippen molar-refractivity contribution < 1.29 is 14.3 Å². The number of ether oxygens (including phenoxy) is 1. The van der Waals surface area contributed by atoms with E-state index in [-0.39, 0.29) is 5.56 Å². The molecule has 9 heteroatoms. The predicted octanol–water partition coefficient (Wildman–Crippen LogP) is 2.72. The molecule has 3 aromatic rings. The number of anilines is 1. The largest absolute Gasteiger partial charge is 0.465 e. The fraction of sp³-hybridized carbons (Fsp3) is 0.350. The van der Waals surface area contributed by atoms with Gasteiger partial charge < -0.3 is 10.1 Å². The molecule has 29 heavy (non-hydrogen) atoms. The summed E-state index contributed by atoms with van der Waals surface area (Å²) in [5.41, 5.74) is 1.52. The Morgan fingerprint density at radius 2 is 2.07 bits per heavy atom. The van der Waals surface area contributed by atoms with Crippen LogP contribution in [0.3, 0.4) is 0 Å². The summed E-state index contributed by atoms with van der Waals surface area (Å²) in [6.45, 7) is 1.60. The molecule has 1 atom stereocenters. The van der Waals surface area contributed by atoms with Crippen LogP contribution in [0.25, 0.3) is 10.2 Å². The maximum atomic E-state index is 13.1. The van der Waals surface area contributed by atoms with Crippen molar-refractivity contribution in [1.29, 1.82) is 0 Å². The monoisotopic (exact) mass is 412 g/mol. The molecule has 0 spiro atoms. The molecule has 1 aromatic carbocycles. The molecule has 1 unspecified atom stereocenters. The number of thiophene rings is 1. The van der Waals surface area contributed by atoms with E-state index in [1.807, 2.05) is 0 Å². The maximum absolute atomic E-state index is 13.1. The highest BCUT2D eigenvalue weighted by atomic mass is 32.1. The SMILES string of the molecule is COC(=O)c1cccc(NC(=O)C(C)n2nnc3sc4c(c3c2=O)CCCC4)c1. The highest BCUT2D eigenvalue weighted by Crippen LogP contribution is 2.33. The number of aromatic nitrogens is 3. The van der Waals surface area contributed by atoms with Crippen molar-refractivity contribution in [3.05, 3.63) is 50.6 Å². The van der Waals surface area contributed by atoms with Crippen LogP contribution in [0, 0.1) is 0 Å². The average Bonchev–Trinajstić information content (AvgIpc) is 3.12. The van der Waals surface area contributed by atoms with Gasteiger partial charge in [0.2, 0.25) is 5.91 Å². The van der Waals surface area contributed by atoms with Crippen LogP contribution in [0.4, 0.5) is 5.69 Å². The molecule has 2 heterocycles. The van der Waals surface area contributed by atoms with Gasteiger partial charge in [0.1, 0.15) is 6.04 Å². The third kappa shape index (κ3) is 3.53. The second-order valence-corrected chi connectivity index (χ2v) is 8.05. The van der Waals surface area contributed by atoms with Gasteiger partial charge in [0, 0.05) is 10.6 Å². The molecule has 8 nitrogen and oxygen atoms in total. The number of methoxy groups -OCH3 is 1. The first-order valence-electron chi connectivity index (χ1n) is 9.38. The zero-order chi connectivity index (χ0) is 20.5. The lowest BCUT2D eigenvalue weighted by molar-refractivity contribution is -0.119. The van der Waals surface area contributed by atoms with Crippen molar-refractivity contribution in [1.82, 2.24) is 15.0 Å². The molecule has 0 saturated carbocycles. The first-order chi connectivity index (χ1) is 14.0. The topological polar surface area (TPSA) is 103 Å². The van der Waals surface area contributed by atoms with Gasteiger partial charge in [-0.2, -0.15) is 4.68 Å². The molecule has 0 aliphatic heterocycles. The van der Waals surface area contributed by atoms with E-state index in [1.165, 1.54) is 29.4 Å². The molecule has 1 aliphatic carbocycles. The lowest BCUT2D eigenvalue weighted by atomic mass is 9.97. The summed E-state index contributed by atoms with van der Waals surface area (Å²) in [5.74, 6) is -0.921. The number of carbonyl (C=O) groups excluding carboxylic acids is 2. The van der Waals surface area contributed by atoms with Gasteiger partial charge in [0.05, 0.1) is 18.1 Å². The fourth-order valence-electron chi connectivity index (χ4n) is 3.54. The summed E-state index contributed by atoms with van der Waals surface area (Å²) in [6.07, 6.45) is 3.98. The Labute approximate surface area is 170 Å². The van der Waals surface area contributed by atoms with Crippen LogP contribution >= 0.6 is 11.3 Å². The molecular formula is C20H20N4O4S. The summed E-state index contributed by atoms with van der Waals surface area (Å²) in [5, 5.41) is 11.5. The molecule has 0 saturated heterocycles. The van der Waals surface area contributed by atoms with Crippen LogP contribution in [-0.4, -0.2) is 34.0 Å². The molecule has 1 amide bonds. The van der Waals surface area contributed by atoms with Gasteiger partial charge in [0.25, 0.3) is 5.56 Å². The Kier molecular flexibility index (Phi) is 5.14. The number of aryl methyl sites for hydroxylation is 2. The smallest absolute Gasteiger partial charge is 0.337 e. The van der Waals surface area contributed by atoms with Gasteiger partial charge in [-0.05, 0) is 56.4 Å². The third-order valence-electron chi connectivity index (χ3n) is 5.10. The average molecular weight is 412 g/mol. The van der Waals surface area contributed by atoms with E-state index in [0.717, 1.165) is 35.9 Å². The number of esters is 1. The number of fused-ring (bicyclic) bond motifs is 3. The van der Waals surface area contributed by atoms with Crippen LogP contribution in [0.15, 0.2) is 29.1 Å². The highest BCUT2D eigenvalue weighted by Gasteiger charge is 2.24.